The van der Waals surface area contributed by atoms with E-state index in [9.17, 15) is 14.4 Å². The second-order valence-electron chi connectivity index (χ2n) is 8.66. The Kier molecular flexibility index (Phi) is 9.08. The lowest BCUT2D eigenvalue weighted by Crippen LogP contribution is -2.44. The van der Waals surface area contributed by atoms with Crippen LogP contribution in [0.3, 0.4) is 0 Å². The maximum Gasteiger partial charge on any atom is 0.411 e. The first-order chi connectivity index (χ1) is 13.3. The van der Waals surface area contributed by atoms with E-state index in [-0.39, 0.29) is 11.3 Å². The number of nitrogens with zero attached hydrogens (tertiary/aromatic N) is 2. The third-order valence-electron chi connectivity index (χ3n) is 3.57. The van der Waals surface area contributed by atoms with Crippen molar-refractivity contribution in [1.82, 2.24) is 10.2 Å². The molecular weight excluding hydrogens is 398 g/mol. The van der Waals surface area contributed by atoms with Gasteiger partial charge in [-0.25, -0.2) is 14.4 Å². The fourth-order valence-corrected chi connectivity index (χ4v) is 3.62. The lowest BCUT2D eigenvalue weighted by Gasteiger charge is -2.24. The Morgan fingerprint density at radius 2 is 1.79 bits per heavy atom. The monoisotopic (exact) mass is 429 g/mol. The SMILES string of the molecule is CC(C)(C)OC(=O)N[C@@H](CCC1CN(C(=O)OC(C)(C)C)CS1)C(=O)OCC#N. The van der Waals surface area contributed by atoms with E-state index in [1.54, 1.807) is 43.5 Å². The van der Waals surface area contributed by atoms with Gasteiger partial charge in [0.1, 0.15) is 23.3 Å². The fourth-order valence-electron chi connectivity index (χ4n) is 2.43. The quantitative estimate of drug-likeness (QED) is 0.506. The zero-order valence-electron chi connectivity index (χ0n) is 17.9. The highest BCUT2D eigenvalue weighted by atomic mass is 32.2. The zero-order valence-corrected chi connectivity index (χ0v) is 18.8. The zero-order chi connectivity index (χ0) is 22.2. The predicted molar refractivity (Wildman–Crippen MR) is 108 cm³/mol. The molecule has 1 rings (SSSR count). The van der Waals surface area contributed by atoms with Crippen LogP contribution in [0, 0.1) is 11.3 Å². The maximum absolute atomic E-state index is 12.2. The Balaban J connectivity index is 2.61. The Morgan fingerprint density at radius 3 is 2.34 bits per heavy atom. The van der Waals surface area contributed by atoms with Gasteiger partial charge < -0.3 is 19.5 Å². The molecule has 1 aliphatic heterocycles. The van der Waals surface area contributed by atoms with Gasteiger partial charge in [-0.3, -0.25) is 4.90 Å². The number of carbonyl (C=O) groups excluding carboxylic acids is 3. The molecule has 0 bridgehead atoms. The molecule has 164 valence electrons. The molecule has 29 heavy (non-hydrogen) atoms. The molecule has 1 fully saturated rings. The largest absolute Gasteiger partial charge is 0.449 e. The van der Waals surface area contributed by atoms with Gasteiger partial charge in [-0.15, -0.1) is 11.8 Å². The molecular formula is C19H31N3O6S. The highest BCUT2D eigenvalue weighted by molar-refractivity contribution is 8.00. The molecule has 0 aromatic heterocycles. The summed E-state index contributed by atoms with van der Waals surface area (Å²) in [5.41, 5.74) is -1.27. The van der Waals surface area contributed by atoms with Gasteiger partial charge in [0.05, 0.1) is 5.88 Å². The minimum absolute atomic E-state index is 0.0919. The highest BCUT2D eigenvalue weighted by Crippen LogP contribution is 2.28. The Hall–Kier alpha value is -2.15. The topological polar surface area (TPSA) is 118 Å². The van der Waals surface area contributed by atoms with Gasteiger partial charge in [0, 0.05) is 11.8 Å². The van der Waals surface area contributed by atoms with Gasteiger partial charge >= 0.3 is 18.2 Å². The summed E-state index contributed by atoms with van der Waals surface area (Å²) in [5.74, 6) is -0.188. The molecule has 0 spiro atoms. The number of hydrogen-bond acceptors (Lipinski definition) is 8. The van der Waals surface area contributed by atoms with Crippen molar-refractivity contribution < 1.29 is 28.6 Å². The van der Waals surface area contributed by atoms with Crippen LogP contribution >= 0.6 is 11.8 Å². The average molecular weight is 430 g/mol. The van der Waals surface area contributed by atoms with Gasteiger partial charge in [0.2, 0.25) is 0 Å². The summed E-state index contributed by atoms with van der Waals surface area (Å²) in [6.07, 6.45) is -0.245. The van der Waals surface area contributed by atoms with Crippen LogP contribution in [-0.4, -0.2) is 64.6 Å². The van der Waals surface area contributed by atoms with Crippen molar-refractivity contribution in [2.75, 3.05) is 19.0 Å². The van der Waals surface area contributed by atoms with Crippen LogP contribution in [0.25, 0.3) is 0 Å². The van der Waals surface area contributed by atoms with Crippen molar-refractivity contribution >= 4 is 29.9 Å². The minimum Gasteiger partial charge on any atom is -0.449 e. The number of nitrogens with one attached hydrogen (secondary N) is 1. The van der Waals surface area contributed by atoms with Crippen molar-refractivity contribution in [3.05, 3.63) is 0 Å². The minimum atomic E-state index is -0.936. The third kappa shape index (κ3) is 10.3. The predicted octanol–water partition coefficient (Wildman–Crippen LogP) is 3.04. The van der Waals surface area contributed by atoms with Crippen molar-refractivity contribution in [2.45, 2.75) is 76.9 Å². The Labute approximate surface area is 176 Å². The molecule has 1 N–H and O–H groups in total. The third-order valence-corrected chi connectivity index (χ3v) is 4.89. The summed E-state index contributed by atoms with van der Waals surface area (Å²) in [5, 5.41) is 11.2. The number of rotatable bonds is 6. The summed E-state index contributed by atoms with van der Waals surface area (Å²) in [4.78, 5) is 38.0. The molecule has 0 saturated carbocycles. The summed E-state index contributed by atoms with van der Waals surface area (Å²) < 4.78 is 15.4. The van der Waals surface area contributed by atoms with Gasteiger partial charge in [-0.2, -0.15) is 5.26 Å². The maximum atomic E-state index is 12.2. The first kappa shape index (κ1) is 24.9. The molecule has 0 radical (unpaired) electrons. The number of hydrogen-bond donors (Lipinski definition) is 1. The summed E-state index contributed by atoms with van der Waals surface area (Å²) in [7, 11) is 0. The molecule has 1 unspecified atom stereocenters. The van der Waals surface area contributed by atoms with E-state index in [1.165, 1.54) is 0 Å². The van der Waals surface area contributed by atoms with E-state index in [2.05, 4.69) is 5.32 Å². The van der Waals surface area contributed by atoms with Crippen LogP contribution in [0.4, 0.5) is 9.59 Å². The van der Waals surface area contributed by atoms with Crippen LogP contribution in [0.15, 0.2) is 0 Å². The summed E-state index contributed by atoms with van der Waals surface area (Å²) in [6, 6.07) is 0.794. The second kappa shape index (κ2) is 10.6. The first-order valence-electron chi connectivity index (χ1n) is 9.43. The lowest BCUT2D eigenvalue weighted by molar-refractivity contribution is -0.145. The number of esters is 1. The van der Waals surface area contributed by atoms with Crippen molar-refractivity contribution in [2.24, 2.45) is 0 Å². The van der Waals surface area contributed by atoms with E-state index in [1.807, 2.05) is 20.8 Å². The van der Waals surface area contributed by atoms with E-state index in [0.717, 1.165) is 0 Å². The van der Waals surface area contributed by atoms with Crippen LogP contribution in [-0.2, 0) is 19.0 Å². The van der Waals surface area contributed by atoms with Gasteiger partial charge in [-0.05, 0) is 54.4 Å². The van der Waals surface area contributed by atoms with Crippen molar-refractivity contribution in [3.63, 3.8) is 0 Å². The molecule has 0 aromatic carbocycles. The van der Waals surface area contributed by atoms with Crippen LogP contribution in [0.1, 0.15) is 54.4 Å². The molecule has 2 atom stereocenters. The molecule has 0 aliphatic carbocycles. The highest BCUT2D eigenvalue weighted by Gasteiger charge is 2.32. The number of nitriles is 1. The number of carbonyl (C=O) groups is 3. The molecule has 9 nitrogen and oxygen atoms in total. The molecule has 1 aliphatic rings. The normalized spacial score (nSPS) is 17.8. The van der Waals surface area contributed by atoms with Crippen molar-refractivity contribution in [1.29, 1.82) is 5.26 Å². The number of amides is 2. The van der Waals surface area contributed by atoms with E-state index >= 15 is 0 Å². The van der Waals surface area contributed by atoms with Crippen molar-refractivity contribution in [3.8, 4) is 6.07 Å². The van der Waals surface area contributed by atoms with Gasteiger partial charge in [0.25, 0.3) is 0 Å². The van der Waals surface area contributed by atoms with E-state index in [0.29, 0.717) is 25.3 Å². The van der Waals surface area contributed by atoms with E-state index in [4.69, 9.17) is 19.5 Å². The fraction of sp³-hybridized carbons (Fsp3) is 0.789. The van der Waals surface area contributed by atoms with Crippen LogP contribution in [0.5, 0.6) is 0 Å². The molecule has 10 heteroatoms. The first-order valence-corrected chi connectivity index (χ1v) is 10.5. The lowest BCUT2D eigenvalue weighted by atomic mass is 10.1. The molecule has 1 saturated heterocycles. The number of thioether (sulfide) groups is 1. The Morgan fingerprint density at radius 1 is 1.17 bits per heavy atom. The molecule has 0 aromatic rings. The summed E-state index contributed by atoms with van der Waals surface area (Å²) >= 11 is 1.58. The van der Waals surface area contributed by atoms with Crippen LogP contribution < -0.4 is 5.32 Å². The average Bonchev–Trinajstić information content (AvgIpc) is 3.02. The standard InChI is InChI=1S/C19H31N3O6S/c1-18(2,3)27-16(24)21-14(15(23)26-10-9-20)8-7-13-11-22(12-29-13)17(25)28-19(4,5)6/h13-14H,7-8,10-12H2,1-6H3,(H,21,24)/t13?,14-/m0/s1. The summed E-state index contributed by atoms with van der Waals surface area (Å²) in [6.45, 7) is 10.7. The van der Waals surface area contributed by atoms with Crippen LogP contribution in [0.2, 0.25) is 0 Å². The van der Waals surface area contributed by atoms with Gasteiger partial charge in [0.15, 0.2) is 6.61 Å². The van der Waals surface area contributed by atoms with Gasteiger partial charge in [-0.1, -0.05) is 0 Å². The van der Waals surface area contributed by atoms with E-state index < -0.39 is 35.9 Å². The molecule has 1 heterocycles. The number of ether oxygens (including phenoxy) is 3. The number of alkyl carbamates (subject to hydrolysis) is 1. The second-order valence-corrected chi connectivity index (χ2v) is 9.92. The smallest absolute Gasteiger partial charge is 0.411 e. The molecule has 2 amide bonds. The Bertz CT molecular complexity index is 635.